The van der Waals surface area contributed by atoms with Crippen LogP contribution in [0.5, 0.6) is 11.5 Å². The Morgan fingerprint density at radius 2 is 0.914 bits per heavy atom. The van der Waals surface area contributed by atoms with E-state index in [1.807, 2.05) is 12.1 Å². The van der Waals surface area contributed by atoms with Gasteiger partial charge >= 0.3 is 0 Å². The molecule has 0 saturated heterocycles. The zero-order valence-corrected chi connectivity index (χ0v) is 23.2. The topological polar surface area (TPSA) is 84.8 Å². The molecule has 0 amide bonds. The zero-order chi connectivity index (χ0) is 26.1. The van der Waals surface area contributed by atoms with Gasteiger partial charge in [-0.1, -0.05) is 15.9 Å². The van der Waals surface area contributed by atoms with Gasteiger partial charge in [-0.2, -0.15) is 0 Å². The Hall–Kier alpha value is -1.72. The van der Waals surface area contributed by atoms with Gasteiger partial charge in [0.05, 0.1) is 46.2 Å². The van der Waals surface area contributed by atoms with Crippen molar-refractivity contribution in [2.45, 2.75) is 39.6 Å². The van der Waals surface area contributed by atoms with Crippen LogP contribution >= 0.6 is 15.9 Å². The highest BCUT2D eigenvalue weighted by Crippen LogP contribution is 2.29. The van der Waals surface area contributed by atoms with Crippen LogP contribution < -0.4 is 4.74 Å². The van der Waals surface area contributed by atoms with E-state index in [0.717, 1.165) is 44.5 Å². The normalized spacial score (nSPS) is 10.7. The molecule has 0 bridgehead atoms. The van der Waals surface area contributed by atoms with Crippen molar-refractivity contribution in [2.24, 2.45) is 0 Å². The van der Waals surface area contributed by atoms with Gasteiger partial charge in [-0.15, -0.1) is 0 Å². The van der Waals surface area contributed by atoms with Crippen LogP contribution in [0, 0.1) is 0 Å². The lowest BCUT2D eigenvalue weighted by molar-refractivity contribution is 0.168. The molecule has 8 nitrogen and oxygen atoms in total. The van der Waals surface area contributed by atoms with Crippen molar-refractivity contribution in [3.63, 3.8) is 0 Å². The van der Waals surface area contributed by atoms with Gasteiger partial charge < -0.3 is 38.3 Å². The second-order valence-corrected chi connectivity index (χ2v) is 8.43. The third-order valence-corrected chi connectivity index (χ3v) is 5.10. The molecule has 198 valence electrons. The van der Waals surface area contributed by atoms with Crippen LogP contribution in [0.25, 0.3) is 0 Å². The summed E-state index contributed by atoms with van der Waals surface area (Å²) in [6.45, 7) is 3.44. The molecule has 0 saturated carbocycles. The fraction of sp³-hybridized carbons (Fsp3) is 0.538. The fourth-order valence-corrected chi connectivity index (χ4v) is 3.70. The third-order valence-electron chi connectivity index (χ3n) is 4.78. The summed E-state index contributed by atoms with van der Waals surface area (Å²) in [6.07, 6.45) is 0. The van der Waals surface area contributed by atoms with Crippen molar-refractivity contribution in [1.82, 2.24) is 0 Å². The van der Waals surface area contributed by atoms with Crippen LogP contribution in [0.1, 0.15) is 33.4 Å². The van der Waals surface area contributed by atoms with Crippen LogP contribution in [-0.4, -0.2) is 59.7 Å². The number of benzene rings is 2. The first kappa shape index (κ1) is 31.3. The molecule has 1 N–H and O–H groups in total. The Morgan fingerprint density at radius 3 is 1.26 bits per heavy atom. The van der Waals surface area contributed by atoms with Crippen LogP contribution in [0.3, 0.4) is 0 Å². The largest absolute Gasteiger partial charge is 0.507 e. The molecule has 0 aliphatic rings. The maximum Gasteiger partial charge on any atom is 0.130 e. The number of methoxy groups -OCH3 is 6. The average molecular weight is 559 g/mol. The van der Waals surface area contributed by atoms with Crippen molar-refractivity contribution < 1.29 is 38.3 Å². The predicted octanol–water partition coefficient (Wildman–Crippen LogP) is 4.73. The molecule has 0 atom stereocenters. The number of aromatic hydroxyl groups is 1. The van der Waals surface area contributed by atoms with E-state index in [9.17, 15) is 5.11 Å². The summed E-state index contributed by atoms with van der Waals surface area (Å²) in [6, 6.07) is 7.86. The molecule has 2 aromatic rings. The summed E-state index contributed by atoms with van der Waals surface area (Å²) < 4.78 is 36.6. The minimum atomic E-state index is 0.239. The van der Waals surface area contributed by atoms with E-state index in [4.69, 9.17) is 33.2 Å². The van der Waals surface area contributed by atoms with Crippen LogP contribution in [0.15, 0.2) is 24.3 Å². The maximum absolute atomic E-state index is 9.94. The third kappa shape index (κ3) is 10.8. The predicted molar refractivity (Wildman–Crippen MR) is 138 cm³/mol. The van der Waals surface area contributed by atoms with Gasteiger partial charge in [0.15, 0.2) is 0 Å². The van der Waals surface area contributed by atoms with E-state index in [0.29, 0.717) is 46.2 Å². The smallest absolute Gasteiger partial charge is 0.130 e. The van der Waals surface area contributed by atoms with E-state index in [-0.39, 0.29) is 5.75 Å². The first-order valence-electron chi connectivity index (χ1n) is 11.1. The lowest BCUT2D eigenvalue weighted by Gasteiger charge is -2.17. The summed E-state index contributed by atoms with van der Waals surface area (Å²) >= 11 is 3.37. The number of phenols is 1. The number of hydrogen-bond acceptors (Lipinski definition) is 8. The molecular formula is C26H39BrO8. The average Bonchev–Trinajstić information content (AvgIpc) is 2.83. The van der Waals surface area contributed by atoms with E-state index >= 15 is 0 Å². The quantitative estimate of drug-likeness (QED) is 0.314. The van der Waals surface area contributed by atoms with E-state index < -0.39 is 0 Å². The van der Waals surface area contributed by atoms with Crippen LogP contribution in [0.4, 0.5) is 0 Å². The number of alkyl halides is 1. The molecule has 35 heavy (non-hydrogen) atoms. The number of ether oxygens (including phenoxy) is 7. The number of hydrogen-bond donors (Lipinski definition) is 1. The van der Waals surface area contributed by atoms with Gasteiger partial charge in [0.25, 0.3) is 0 Å². The zero-order valence-electron chi connectivity index (χ0n) is 21.6. The summed E-state index contributed by atoms with van der Waals surface area (Å²) in [4.78, 5) is 0. The highest BCUT2D eigenvalue weighted by Gasteiger charge is 2.13. The Bertz CT molecular complexity index is 805. The highest BCUT2D eigenvalue weighted by molar-refractivity contribution is 9.09. The Balaban J connectivity index is 0.000000355. The van der Waals surface area contributed by atoms with E-state index in [2.05, 4.69) is 28.1 Å². The summed E-state index contributed by atoms with van der Waals surface area (Å²) in [7, 11) is 9.86. The summed E-state index contributed by atoms with van der Waals surface area (Å²) in [5, 5.41) is 10.7. The van der Waals surface area contributed by atoms with Gasteiger partial charge in [0, 0.05) is 70.2 Å². The molecule has 0 heterocycles. The highest BCUT2D eigenvalue weighted by atomic mass is 79.9. The lowest BCUT2D eigenvalue weighted by atomic mass is 10.0. The van der Waals surface area contributed by atoms with Crippen molar-refractivity contribution in [3.05, 3.63) is 57.6 Å². The van der Waals surface area contributed by atoms with E-state index in [1.165, 1.54) is 0 Å². The van der Waals surface area contributed by atoms with Crippen LogP contribution in [-0.2, 0) is 68.1 Å². The van der Waals surface area contributed by atoms with E-state index in [1.54, 1.807) is 42.7 Å². The number of phenolic OH excluding ortho intramolecular Hbond substituents is 1. The molecule has 0 fully saturated rings. The second kappa shape index (κ2) is 18.5. The lowest BCUT2D eigenvalue weighted by Crippen LogP contribution is -2.07. The van der Waals surface area contributed by atoms with Crippen molar-refractivity contribution in [3.8, 4) is 11.5 Å². The minimum absolute atomic E-state index is 0.239. The summed E-state index contributed by atoms with van der Waals surface area (Å²) in [5.41, 5.74) is 5.63. The first-order valence-corrected chi connectivity index (χ1v) is 12.2. The van der Waals surface area contributed by atoms with Gasteiger partial charge in [-0.05, 0) is 35.4 Å². The van der Waals surface area contributed by atoms with Gasteiger partial charge in [0.2, 0.25) is 0 Å². The first-order chi connectivity index (χ1) is 17.0. The Kier molecular flexibility index (Phi) is 16.6. The Labute approximate surface area is 217 Å². The molecule has 0 aromatic heterocycles. The molecule has 0 radical (unpaired) electrons. The van der Waals surface area contributed by atoms with Crippen molar-refractivity contribution in [1.29, 1.82) is 0 Å². The molecule has 0 spiro atoms. The van der Waals surface area contributed by atoms with Gasteiger partial charge in [-0.3, -0.25) is 0 Å². The van der Waals surface area contributed by atoms with Crippen LogP contribution in [0.2, 0.25) is 0 Å². The minimum Gasteiger partial charge on any atom is -0.507 e. The molecule has 2 rings (SSSR count). The molecule has 2 aromatic carbocycles. The molecule has 0 aliphatic heterocycles. The maximum atomic E-state index is 9.94. The number of halogens is 1. The summed E-state index contributed by atoms with van der Waals surface area (Å²) in [5.74, 6) is 1.09. The Morgan fingerprint density at radius 1 is 0.571 bits per heavy atom. The van der Waals surface area contributed by atoms with Gasteiger partial charge in [-0.25, -0.2) is 0 Å². The van der Waals surface area contributed by atoms with Crippen molar-refractivity contribution >= 4 is 15.9 Å². The monoisotopic (exact) mass is 558 g/mol. The molecule has 0 aliphatic carbocycles. The fourth-order valence-electron chi connectivity index (χ4n) is 3.54. The number of rotatable bonds is 15. The molecule has 0 unspecified atom stereocenters. The second-order valence-electron chi connectivity index (χ2n) is 7.64. The SMILES string of the molecule is COCc1cc(COC)c(O)c(COC)c1.COCc1cc(COC)c(OCCBr)c(COC)c1. The van der Waals surface area contributed by atoms with Gasteiger partial charge in [0.1, 0.15) is 11.5 Å². The van der Waals surface area contributed by atoms with Crippen molar-refractivity contribution in [2.75, 3.05) is 54.6 Å². The molecular weight excluding hydrogens is 520 g/mol. The molecule has 9 heteroatoms. The standard InChI is InChI=1S/C14H21BrO4.C12H18O4/c1-16-8-11-6-12(9-17-2)14(19-5-4-15)13(7-11)10-18-3;1-14-6-9-4-10(7-15-2)12(13)11(5-9)8-16-3/h6-7H,4-5,8-10H2,1-3H3;4-5,13H,6-8H2,1-3H3.